The molecular formula is C8H10I3O2Ti. The summed E-state index contributed by atoms with van der Waals surface area (Å²) in [5.74, 6) is -0.0715. The second-order valence-corrected chi connectivity index (χ2v) is 4.36. The fraction of sp³-hybridized carbons (Fsp3) is 0.375. The molecule has 0 fully saturated rings. The minimum Gasteiger partial charge on any atom is -1.00 e. The maximum Gasteiger partial charge on any atom is -1.00 e. The predicted molar refractivity (Wildman–Crippen MR) is 38.7 cm³/mol. The normalized spacial score (nSPS) is 11.1. The van der Waals surface area contributed by atoms with Gasteiger partial charge in [0.2, 0.25) is 0 Å². The van der Waals surface area contributed by atoms with Crippen LogP contribution in [-0.2, 0) is 28.7 Å². The zero-order chi connectivity index (χ0) is 8.10. The van der Waals surface area contributed by atoms with Crippen LogP contribution in [0.4, 0.5) is 0 Å². The summed E-state index contributed by atoms with van der Waals surface area (Å²) in [5.41, 5.74) is 0. The molecule has 79 valence electrons. The number of hydrogen-bond acceptors (Lipinski definition) is 2. The average Bonchev–Trinajstić information content (AvgIpc) is 2.52. The van der Waals surface area contributed by atoms with E-state index in [0.29, 0.717) is 4.73 Å². The van der Waals surface area contributed by atoms with Crippen molar-refractivity contribution < 1.29 is 101 Å². The maximum atomic E-state index is 10.7. The maximum absolute atomic E-state index is 10.7. The van der Waals surface area contributed by atoms with Gasteiger partial charge in [-0.05, 0) is 0 Å². The van der Waals surface area contributed by atoms with Crippen LogP contribution in [0.2, 0.25) is 4.73 Å². The van der Waals surface area contributed by atoms with E-state index in [1.165, 1.54) is 11.0 Å². The van der Waals surface area contributed by atoms with E-state index in [4.69, 9.17) is 0 Å². The number of carbonyl (C=O) groups excluding carboxylic acids is 1. The molecule has 0 saturated heterocycles. The number of esters is 1. The fourth-order valence-electron chi connectivity index (χ4n) is 0.836. The van der Waals surface area contributed by atoms with Crippen molar-refractivity contribution in [3.05, 3.63) is 22.1 Å². The molecule has 0 aromatic carbocycles. The Kier molecular flexibility index (Phi) is 19.5. The van der Waals surface area contributed by atoms with Crippen LogP contribution in [-0.4, -0.2) is 13.1 Å². The van der Waals surface area contributed by atoms with Crippen molar-refractivity contribution in [3.8, 4) is 0 Å². The third-order valence-corrected chi connectivity index (χ3v) is 3.47. The van der Waals surface area contributed by atoms with Gasteiger partial charge in [-0.2, -0.15) is 0 Å². The van der Waals surface area contributed by atoms with E-state index < -0.39 is 0 Å². The van der Waals surface area contributed by atoms with E-state index in [9.17, 15) is 4.79 Å². The van der Waals surface area contributed by atoms with Crippen LogP contribution in [0, 0.1) is 0 Å². The Bertz CT molecular complexity index is 217. The van der Waals surface area contributed by atoms with E-state index in [0.717, 1.165) is 6.42 Å². The Morgan fingerprint density at radius 3 is 2.57 bits per heavy atom. The van der Waals surface area contributed by atoms with Gasteiger partial charge in [0, 0.05) is 0 Å². The number of carbonyl (C=O) groups is 1. The Labute approximate surface area is 145 Å². The zero-order valence-electron chi connectivity index (χ0n) is 7.60. The SMILES string of the molecule is COC(=O)[CH2][Ti+3][C]1=CC=CC1.[I-].[I-].[I-]. The molecule has 0 radical (unpaired) electrons. The molecule has 0 heterocycles. The summed E-state index contributed by atoms with van der Waals surface area (Å²) in [7, 11) is 1.44. The number of allylic oxidation sites excluding steroid dienone is 4. The molecule has 0 aromatic heterocycles. The molecule has 0 aliphatic heterocycles. The second-order valence-electron chi connectivity index (χ2n) is 2.25. The Morgan fingerprint density at radius 2 is 2.14 bits per heavy atom. The summed E-state index contributed by atoms with van der Waals surface area (Å²) in [5, 5.41) is 0. The van der Waals surface area contributed by atoms with Gasteiger partial charge in [-0.3, -0.25) is 0 Å². The van der Waals surface area contributed by atoms with E-state index in [2.05, 4.69) is 23.0 Å². The second kappa shape index (κ2) is 12.9. The van der Waals surface area contributed by atoms with Crippen molar-refractivity contribution in [1.29, 1.82) is 0 Å². The van der Waals surface area contributed by atoms with Crippen LogP contribution in [0.3, 0.4) is 0 Å². The Hall–Kier alpha value is 1.85. The van der Waals surface area contributed by atoms with E-state index in [1.807, 2.05) is 0 Å². The van der Waals surface area contributed by atoms with E-state index in [-0.39, 0.29) is 97.1 Å². The molecule has 0 unspecified atom stereocenters. The third kappa shape index (κ3) is 9.11. The average molecular weight is 567 g/mol. The number of ether oxygens (including phenoxy) is 1. The zero-order valence-corrected chi connectivity index (χ0v) is 15.6. The molecule has 0 atom stereocenters. The minimum absolute atomic E-state index is 0. The van der Waals surface area contributed by atoms with Crippen LogP contribution < -0.4 is 71.9 Å². The molecule has 6 heteroatoms. The molecule has 1 aliphatic carbocycles. The van der Waals surface area contributed by atoms with Crippen molar-refractivity contribution in [2.45, 2.75) is 11.1 Å². The van der Waals surface area contributed by atoms with Gasteiger partial charge in [0.25, 0.3) is 0 Å². The van der Waals surface area contributed by atoms with E-state index >= 15 is 0 Å². The van der Waals surface area contributed by atoms with Crippen LogP contribution in [0.5, 0.6) is 0 Å². The van der Waals surface area contributed by atoms with Gasteiger partial charge in [0.1, 0.15) is 0 Å². The molecule has 1 rings (SSSR count). The molecule has 14 heavy (non-hydrogen) atoms. The van der Waals surface area contributed by atoms with Crippen LogP contribution in [0.25, 0.3) is 0 Å². The largest absolute Gasteiger partial charge is 1.00 e. The summed E-state index contributed by atoms with van der Waals surface area (Å²) in [6, 6.07) is 0. The predicted octanol–water partition coefficient (Wildman–Crippen LogP) is -7.48. The number of halogens is 3. The topological polar surface area (TPSA) is 26.3 Å². The molecule has 0 N–H and O–H groups in total. The van der Waals surface area contributed by atoms with Gasteiger partial charge in [0.15, 0.2) is 0 Å². The van der Waals surface area contributed by atoms with Crippen LogP contribution in [0.1, 0.15) is 6.42 Å². The Balaban J connectivity index is -0.000000403. The first-order valence-electron chi connectivity index (χ1n) is 3.49. The first-order valence-corrected chi connectivity index (χ1v) is 5.38. The van der Waals surface area contributed by atoms with Gasteiger partial charge >= 0.3 is 75.0 Å². The van der Waals surface area contributed by atoms with Crippen molar-refractivity contribution in [2.75, 3.05) is 7.11 Å². The molecular weight excluding hydrogens is 557 g/mol. The molecule has 0 aromatic rings. The summed E-state index contributed by atoms with van der Waals surface area (Å²) in [6.07, 6.45) is 7.34. The smallest absolute Gasteiger partial charge is 1.00 e. The molecule has 0 bridgehead atoms. The first-order chi connectivity index (χ1) is 5.33. The molecule has 1 aliphatic rings. The standard InChI is InChI=1S/C5H5.C3H5O2.3HI.Ti/c1-2-4-5-3-1;1-3(4)5-2;;;;/h1-3H,4H2;1H2,2H3;3*1H;/q;;;;;+3/p-3. The van der Waals surface area contributed by atoms with Gasteiger partial charge in [0.05, 0.1) is 0 Å². The number of rotatable bonds is 3. The van der Waals surface area contributed by atoms with Crippen LogP contribution in [0.15, 0.2) is 22.1 Å². The van der Waals surface area contributed by atoms with Crippen LogP contribution >= 0.6 is 0 Å². The molecule has 0 saturated carbocycles. The Morgan fingerprint density at radius 1 is 1.50 bits per heavy atom. The summed E-state index contributed by atoms with van der Waals surface area (Å²) in [6.45, 7) is 0. The molecule has 0 spiro atoms. The van der Waals surface area contributed by atoms with Gasteiger partial charge in [-0.1, -0.05) is 0 Å². The van der Waals surface area contributed by atoms with Gasteiger partial charge < -0.3 is 71.9 Å². The van der Waals surface area contributed by atoms with Crippen molar-refractivity contribution in [2.24, 2.45) is 0 Å². The van der Waals surface area contributed by atoms with Crippen molar-refractivity contribution >= 4 is 5.97 Å². The van der Waals surface area contributed by atoms with E-state index in [1.54, 1.807) is 0 Å². The fourth-order valence-corrected chi connectivity index (χ4v) is 2.39. The van der Waals surface area contributed by atoms with Gasteiger partial charge in [-0.15, -0.1) is 0 Å². The summed E-state index contributed by atoms with van der Waals surface area (Å²) < 4.78 is 6.62. The number of hydrogen-bond donors (Lipinski definition) is 0. The molecule has 0 amide bonds. The quantitative estimate of drug-likeness (QED) is 0.193. The third-order valence-electron chi connectivity index (χ3n) is 1.46. The minimum atomic E-state index is -0.229. The monoisotopic (exact) mass is 567 g/mol. The van der Waals surface area contributed by atoms with Gasteiger partial charge in [-0.25, -0.2) is 0 Å². The summed E-state index contributed by atoms with van der Waals surface area (Å²) >= 11 is -0.229. The van der Waals surface area contributed by atoms with Crippen molar-refractivity contribution in [3.63, 3.8) is 0 Å². The number of methoxy groups -OCH3 is 1. The molecule has 2 nitrogen and oxygen atoms in total. The van der Waals surface area contributed by atoms with Crippen molar-refractivity contribution in [1.82, 2.24) is 0 Å². The first kappa shape index (κ1) is 21.2. The summed E-state index contributed by atoms with van der Waals surface area (Å²) in [4.78, 5) is 10.7.